The van der Waals surface area contributed by atoms with E-state index in [-0.39, 0.29) is 5.91 Å². The molecule has 1 unspecified atom stereocenters. The van der Waals surface area contributed by atoms with Gasteiger partial charge in [0.2, 0.25) is 0 Å². The Morgan fingerprint density at radius 3 is 2.79 bits per heavy atom. The molecule has 1 aliphatic heterocycles. The van der Waals surface area contributed by atoms with Crippen LogP contribution in [0.3, 0.4) is 0 Å². The second-order valence-corrected chi connectivity index (χ2v) is 6.59. The Morgan fingerprint density at radius 1 is 1.37 bits per heavy atom. The molecule has 2 aliphatic rings. The van der Waals surface area contributed by atoms with Crippen LogP contribution >= 0.6 is 15.9 Å². The Balaban J connectivity index is 1.67. The van der Waals surface area contributed by atoms with Gasteiger partial charge in [-0.25, -0.2) is 0 Å². The van der Waals surface area contributed by atoms with Crippen molar-refractivity contribution in [3.05, 3.63) is 22.4 Å². The Kier molecular flexibility index (Phi) is 3.93. The van der Waals surface area contributed by atoms with E-state index in [1.807, 2.05) is 17.2 Å². The predicted octanol–water partition coefficient (Wildman–Crippen LogP) is 2.38. The fourth-order valence-electron chi connectivity index (χ4n) is 2.69. The molecule has 0 radical (unpaired) electrons. The molecular formula is C14H20BrN3O. The first-order valence-corrected chi connectivity index (χ1v) is 7.88. The highest BCUT2D eigenvalue weighted by Gasteiger charge is 2.29. The monoisotopic (exact) mass is 325 g/mol. The van der Waals surface area contributed by atoms with Crippen LogP contribution in [0.5, 0.6) is 0 Å². The van der Waals surface area contributed by atoms with Crippen molar-refractivity contribution in [3.8, 4) is 0 Å². The van der Waals surface area contributed by atoms with Crippen LogP contribution in [0.1, 0.15) is 36.2 Å². The van der Waals surface area contributed by atoms with Crippen LogP contribution in [0.2, 0.25) is 0 Å². The maximum Gasteiger partial charge on any atom is 0.270 e. The normalized spacial score (nSPS) is 22.7. The minimum atomic E-state index is 0.131. The van der Waals surface area contributed by atoms with Gasteiger partial charge in [-0.3, -0.25) is 4.79 Å². The predicted molar refractivity (Wildman–Crippen MR) is 78.1 cm³/mol. The Labute approximate surface area is 122 Å². The van der Waals surface area contributed by atoms with Crippen molar-refractivity contribution >= 4 is 21.8 Å². The molecule has 2 fully saturated rings. The summed E-state index contributed by atoms with van der Waals surface area (Å²) in [6.07, 6.45) is 6.77. The van der Waals surface area contributed by atoms with Gasteiger partial charge in [-0.15, -0.1) is 0 Å². The third-order valence-electron chi connectivity index (χ3n) is 3.94. The number of amides is 1. The van der Waals surface area contributed by atoms with Crippen molar-refractivity contribution in [3.63, 3.8) is 0 Å². The van der Waals surface area contributed by atoms with Crippen molar-refractivity contribution in [1.29, 1.82) is 0 Å². The lowest BCUT2D eigenvalue weighted by Gasteiger charge is -2.25. The summed E-state index contributed by atoms with van der Waals surface area (Å²) < 4.78 is 0.932. The van der Waals surface area contributed by atoms with Crippen molar-refractivity contribution in [2.75, 3.05) is 19.6 Å². The number of H-pyrrole nitrogens is 1. The summed E-state index contributed by atoms with van der Waals surface area (Å²) in [7, 11) is 0. The number of nitrogens with one attached hydrogen (secondary N) is 2. The van der Waals surface area contributed by atoms with Crippen molar-refractivity contribution in [2.45, 2.75) is 31.7 Å². The van der Waals surface area contributed by atoms with E-state index in [4.69, 9.17) is 0 Å². The molecule has 1 saturated carbocycles. The summed E-state index contributed by atoms with van der Waals surface area (Å²) in [5, 5.41) is 3.48. The van der Waals surface area contributed by atoms with Crippen LogP contribution in [0.25, 0.3) is 0 Å². The topological polar surface area (TPSA) is 48.1 Å². The zero-order valence-corrected chi connectivity index (χ0v) is 12.6. The highest BCUT2D eigenvalue weighted by atomic mass is 79.9. The molecule has 1 aliphatic carbocycles. The van der Waals surface area contributed by atoms with Gasteiger partial charge in [-0.1, -0.05) is 0 Å². The number of aromatic nitrogens is 1. The van der Waals surface area contributed by atoms with Crippen molar-refractivity contribution < 1.29 is 4.79 Å². The number of rotatable bonds is 5. The maximum absolute atomic E-state index is 12.6. The number of halogens is 1. The number of carbonyl (C=O) groups is 1. The molecule has 5 heteroatoms. The van der Waals surface area contributed by atoms with E-state index in [1.165, 1.54) is 25.7 Å². The van der Waals surface area contributed by atoms with E-state index >= 15 is 0 Å². The van der Waals surface area contributed by atoms with Crippen LogP contribution in [-0.4, -0.2) is 41.5 Å². The lowest BCUT2D eigenvalue weighted by atomic mass is 10.2. The first-order valence-electron chi connectivity index (χ1n) is 7.09. The van der Waals surface area contributed by atoms with Gasteiger partial charge >= 0.3 is 0 Å². The van der Waals surface area contributed by atoms with Gasteiger partial charge < -0.3 is 15.2 Å². The standard InChI is InChI=1S/C14H20BrN3O/c15-11-6-13(17-7-11)14(19)18(8-10-3-4-10)9-12-2-1-5-16-12/h6-7,10,12,16-17H,1-5,8-9H2. The van der Waals surface area contributed by atoms with Gasteiger partial charge in [0, 0.05) is 29.8 Å². The van der Waals surface area contributed by atoms with Crippen LogP contribution in [0.15, 0.2) is 16.7 Å². The Morgan fingerprint density at radius 2 is 2.21 bits per heavy atom. The zero-order chi connectivity index (χ0) is 13.2. The number of hydrogen-bond acceptors (Lipinski definition) is 2. The van der Waals surface area contributed by atoms with Crippen LogP contribution < -0.4 is 5.32 Å². The van der Waals surface area contributed by atoms with E-state index in [2.05, 4.69) is 26.2 Å². The third kappa shape index (κ3) is 3.39. The molecule has 4 nitrogen and oxygen atoms in total. The third-order valence-corrected chi connectivity index (χ3v) is 4.40. The molecule has 0 aromatic carbocycles. The number of carbonyl (C=O) groups excluding carboxylic acids is 1. The molecule has 1 aromatic heterocycles. The van der Waals surface area contributed by atoms with Gasteiger partial charge in [-0.05, 0) is 60.1 Å². The zero-order valence-electron chi connectivity index (χ0n) is 11.0. The molecule has 19 heavy (non-hydrogen) atoms. The Hall–Kier alpha value is -0.810. The SMILES string of the molecule is O=C(c1cc(Br)c[nH]1)N(CC1CC1)CC1CCCN1. The summed E-state index contributed by atoms with van der Waals surface area (Å²) in [6.45, 7) is 2.84. The summed E-state index contributed by atoms with van der Waals surface area (Å²) in [4.78, 5) is 17.6. The second kappa shape index (κ2) is 5.67. The first kappa shape index (κ1) is 13.2. The molecule has 2 heterocycles. The van der Waals surface area contributed by atoms with Gasteiger partial charge in [0.1, 0.15) is 5.69 Å². The van der Waals surface area contributed by atoms with Crippen LogP contribution in [0.4, 0.5) is 0 Å². The van der Waals surface area contributed by atoms with Crippen LogP contribution in [-0.2, 0) is 0 Å². The molecule has 104 valence electrons. The van der Waals surface area contributed by atoms with E-state index in [0.717, 1.165) is 30.0 Å². The lowest BCUT2D eigenvalue weighted by molar-refractivity contribution is 0.0728. The minimum Gasteiger partial charge on any atom is -0.356 e. The number of nitrogens with zero attached hydrogens (tertiary/aromatic N) is 1. The van der Waals surface area contributed by atoms with Gasteiger partial charge in [0.05, 0.1) is 0 Å². The van der Waals surface area contributed by atoms with Crippen molar-refractivity contribution in [2.24, 2.45) is 5.92 Å². The Bertz CT molecular complexity index is 449. The minimum absolute atomic E-state index is 0.131. The summed E-state index contributed by atoms with van der Waals surface area (Å²) in [5.41, 5.74) is 0.686. The smallest absolute Gasteiger partial charge is 0.270 e. The van der Waals surface area contributed by atoms with E-state index in [0.29, 0.717) is 11.7 Å². The molecule has 2 N–H and O–H groups in total. The van der Waals surface area contributed by atoms with Gasteiger partial charge in [0.25, 0.3) is 5.91 Å². The van der Waals surface area contributed by atoms with E-state index in [1.54, 1.807) is 0 Å². The fourth-order valence-corrected chi connectivity index (χ4v) is 3.04. The first-order chi connectivity index (χ1) is 9.22. The van der Waals surface area contributed by atoms with Crippen LogP contribution in [0, 0.1) is 5.92 Å². The highest BCUT2D eigenvalue weighted by molar-refractivity contribution is 9.10. The highest BCUT2D eigenvalue weighted by Crippen LogP contribution is 2.30. The molecule has 1 atom stereocenters. The number of hydrogen-bond donors (Lipinski definition) is 2. The van der Waals surface area contributed by atoms with E-state index < -0.39 is 0 Å². The second-order valence-electron chi connectivity index (χ2n) is 5.68. The molecule has 0 spiro atoms. The average molecular weight is 326 g/mol. The number of aromatic amines is 1. The van der Waals surface area contributed by atoms with E-state index in [9.17, 15) is 4.79 Å². The molecular weight excluding hydrogens is 306 g/mol. The summed E-state index contributed by atoms with van der Waals surface area (Å²) >= 11 is 3.39. The molecule has 1 amide bonds. The maximum atomic E-state index is 12.6. The quantitative estimate of drug-likeness (QED) is 0.873. The molecule has 1 saturated heterocycles. The summed E-state index contributed by atoms with van der Waals surface area (Å²) in [5.74, 6) is 0.857. The molecule has 3 rings (SSSR count). The fraction of sp³-hybridized carbons (Fsp3) is 0.643. The van der Waals surface area contributed by atoms with Gasteiger partial charge in [0.15, 0.2) is 0 Å². The molecule has 1 aromatic rings. The lowest BCUT2D eigenvalue weighted by Crippen LogP contribution is -2.42. The molecule has 0 bridgehead atoms. The summed E-state index contributed by atoms with van der Waals surface area (Å²) in [6, 6.07) is 2.34. The van der Waals surface area contributed by atoms with Crippen molar-refractivity contribution in [1.82, 2.24) is 15.2 Å². The average Bonchev–Trinajstić information content (AvgIpc) is 2.89. The van der Waals surface area contributed by atoms with Gasteiger partial charge in [-0.2, -0.15) is 0 Å². The largest absolute Gasteiger partial charge is 0.356 e.